The second kappa shape index (κ2) is 7.96. The number of nitrogens with zero attached hydrogens (tertiary/aromatic N) is 3. The molecule has 6 nitrogen and oxygen atoms in total. The quantitative estimate of drug-likeness (QED) is 0.468. The van der Waals surface area contributed by atoms with Crippen molar-refractivity contribution in [3.63, 3.8) is 0 Å². The molecule has 0 radical (unpaired) electrons. The largest absolute Gasteiger partial charge is 0.487 e. The van der Waals surface area contributed by atoms with Gasteiger partial charge in [0.2, 0.25) is 12.3 Å². The van der Waals surface area contributed by atoms with E-state index in [4.69, 9.17) is 13.9 Å². The summed E-state index contributed by atoms with van der Waals surface area (Å²) in [5, 5.41) is 10.3. The maximum absolute atomic E-state index is 12.9. The van der Waals surface area contributed by atoms with Gasteiger partial charge in [-0.3, -0.25) is 0 Å². The Kier molecular flexibility index (Phi) is 5.06. The third-order valence-corrected chi connectivity index (χ3v) is 4.49. The van der Waals surface area contributed by atoms with Crippen molar-refractivity contribution in [2.24, 2.45) is 0 Å². The van der Waals surface area contributed by atoms with E-state index in [0.717, 1.165) is 22.0 Å². The molecule has 0 aliphatic carbocycles. The van der Waals surface area contributed by atoms with Crippen LogP contribution in [-0.4, -0.2) is 15.2 Å². The van der Waals surface area contributed by atoms with E-state index in [1.807, 2.05) is 29.6 Å². The van der Waals surface area contributed by atoms with Gasteiger partial charge in [0.05, 0.1) is 5.69 Å². The lowest BCUT2D eigenvalue weighted by molar-refractivity contribution is 0.294. The molecule has 0 bridgehead atoms. The number of hydrogen-bond acceptors (Lipinski definition) is 7. The van der Waals surface area contributed by atoms with Crippen molar-refractivity contribution in [2.45, 2.75) is 13.2 Å². The Morgan fingerprint density at radius 2 is 1.63 bits per heavy atom. The van der Waals surface area contributed by atoms with Crippen LogP contribution >= 0.6 is 11.3 Å². The van der Waals surface area contributed by atoms with Crippen molar-refractivity contribution in [2.75, 3.05) is 0 Å². The van der Waals surface area contributed by atoms with Crippen LogP contribution in [0, 0.1) is 5.82 Å². The van der Waals surface area contributed by atoms with Crippen molar-refractivity contribution >= 4 is 11.3 Å². The van der Waals surface area contributed by atoms with Gasteiger partial charge in [-0.15, -0.1) is 21.5 Å². The number of halogens is 1. The maximum Gasteiger partial charge on any atom is 0.247 e. The molecule has 0 aliphatic heterocycles. The highest BCUT2D eigenvalue weighted by Gasteiger charge is 2.06. The maximum atomic E-state index is 12.9. The summed E-state index contributed by atoms with van der Waals surface area (Å²) in [7, 11) is 0. The minimum Gasteiger partial charge on any atom is -0.487 e. The van der Waals surface area contributed by atoms with Gasteiger partial charge in [0.1, 0.15) is 35.5 Å². The summed E-state index contributed by atoms with van der Waals surface area (Å²) < 4.78 is 29.4. The summed E-state index contributed by atoms with van der Waals surface area (Å²) in [5.41, 5.74) is 1.65. The Bertz CT molecular complexity index is 986. The molecule has 0 aliphatic rings. The van der Waals surface area contributed by atoms with Gasteiger partial charge >= 0.3 is 0 Å². The van der Waals surface area contributed by atoms with Crippen molar-refractivity contribution in [1.29, 1.82) is 0 Å². The fraction of sp³-hybridized carbons (Fsp3) is 0.105. The molecule has 0 amide bonds. The van der Waals surface area contributed by atoms with Crippen molar-refractivity contribution in [3.05, 3.63) is 76.8 Å². The van der Waals surface area contributed by atoms with Gasteiger partial charge in [-0.05, 0) is 48.5 Å². The van der Waals surface area contributed by atoms with Gasteiger partial charge in [-0.25, -0.2) is 9.37 Å². The lowest BCUT2D eigenvalue weighted by Gasteiger charge is -2.05. The fourth-order valence-corrected chi connectivity index (χ4v) is 3.00. The molecule has 2 heterocycles. The zero-order chi connectivity index (χ0) is 18.5. The Labute approximate surface area is 158 Å². The molecule has 0 saturated heterocycles. The summed E-state index contributed by atoms with van der Waals surface area (Å²) in [6.07, 6.45) is 1.29. The molecule has 0 spiro atoms. The van der Waals surface area contributed by atoms with E-state index >= 15 is 0 Å². The van der Waals surface area contributed by atoms with Crippen LogP contribution in [0.2, 0.25) is 0 Å². The summed E-state index contributed by atoms with van der Waals surface area (Å²) >= 11 is 1.49. The molecule has 4 aromatic rings. The van der Waals surface area contributed by atoms with E-state index in [9.17, 15) is 4.39 Å². The molecule has 0 unspecified atom stereocenters. The van der Waals surface area contributed by atoms with Gasteiger partial charge in [0.15, 0.2) is 0 Å². The second-order valence-electron chi connectivity index (χ2n) is 5.53. The molecule has 2 aromatic carbocycles. The average Bonchev–Trinajstić information content (AvgIpc) is 3.39. The van der Waals surface area contributed by atoms with Crippen molar-refractivity contribution in [3.8, 4) is 23.0 Å². The molecule has 2 aromatic heterocycles. The van der Waals surface area contributed by atoms with Crippen LogP contribution in [0.4, 0.5) is 4.39 Å². The van der Waals surface area contributed by atoms with Crippen LogP contribution in [0.25, 0.3) is 11.5 Å². The minimum absolute atomic E-state index is 0.291. The summed E-state index contributed by atoms with van der Waals surface area (Å²) in [5.74, 6) is 1.49. The molecule has 0 fully saturated rings. The first-order valence-electron chi connectivity index (χ1n) is 8.07. The number of benzene rings is 2. The fourth-order valence-electron chi connectivity index (χ4n) is 2.31. The summed E-state index contributed by atoms with van der Waals surface area (Å²) in [6, 6.07) is 13.3. The van der Waals surface area contributed by atoms with Gasteiger partial charge in [0.25, 0.3) is 0 Å². The molecule has 27 heavy (non-hydrogen) atoms. The van der Waals surface area contributed by atoms with Crippen LogP contribution in [0.15, 0.2) is 64.7 Å². The first-order chi connectivity index (χ1) is 13.3. The molecule has 8 heteroatoms. The SMILES string of the molecule is Fc1ccc(OCc2nc(COc3ccc(-c4nnco4)cc3)cs2)cc1. The standard InChI is InChI=1S/C19H14FN3O3S/c20-14-3-7-17(8-4-14)25-10-18-22-15(11-27-18)9-24-16-5-1-13(2-6-16)19-23-21-12-26-19/h1-8,11-12H,9-10H2. The van der Waals surface area contributed by atoms with Crippen LogP contribution in [0.1, 0.15) is 10.7 Å². The Morgan fingerprint density at radius 1 is 0.926 bits per heavy atom. The highest BCUT2D eigenvalue weighted by atomic mass is 32.1. The van der Waals surface area contributed by atoms with Gasteiger partial charge < -0.3 is 13.9 Å². The summed E-state index contributed by atoms with van der Waals surface area (Å²) in [6.45, 7) is 0.683. The van der Waals surface area contributed by atoms with Gasteiger partial charge in [-0.1, -0.05) is 0 Å². The van der Waals surface area contributed by atoms with E-state index in [1.165, 1.54) is 29.9 Å². The van der Waals surface area contributed by atoms with Gasteiger partial charge in [0, 0.05) is 10.9 Å². The molecular weight excluding hydrogens is 369 g/mol. The van der Waals surface area contributed by atoms with Crippen molar-refractivity contribution in [1.82, 2.24) is 15.2 Å². The van der Waals surface area contributed by atoms with Crippen LogP contribution in [0.5, 0.6) is 11.5 Å². The van der Waals surface area contributed by atoms with E-state index < -0.39 is 0 Å². The summed E-state index contributed by atoms with van der Waals surface area (Å²) in [4.78, 5) is 4.48. The average molecular weight is 383 g/mol. The highest BCUT2D eigenvalue weighted by Crippen LogP contribution is 2.21. The zero-order valence-corrected chi connectivity index (χ0v) is 14.9. The second-order valence-corrected chi connectivity index (χ2v) is 6.47. The number of rotatable bonds is 7. The lowest BCUT2D eigenvalue weighted by Crippen LogP contribution is -1.98. The van der Waals surface area contributed by atoms with E-state index in [0.29, 0.717) is 24.9 Å². The predicted octanol–water partition coefficient (Wildman–Crippen LogP) is 4.49. The molecular formula is C19H14FN3O3S. The lowest BCUT2D eigenvalue weighted by atomic mass is 10.2. The Morgan fingerprint density at radius 3 is 2.33 bits per heavy atom. The zero-order valence-electron chi connectivity index (χ0n) is 14.0. The Balaban J connectivity index is 1.29. The number of hydrogen-bond donors (Lipinski definition) is 0. The predicted molar refractivity (Wildman–Crippen MR) is 96.9 cm³/mol. The van der Waals surface area contributed by atoms with Gasteiger partial charge in [-0.2, -0.15) is 0 Å². The van der Waals surface area contributed by atoms with E-state index in [2.05, 4.69) is 15.2 Å². The first-order valence-corrected chi connectivity index (χ1v) is 8.95. The smallest absolute Gasteiger partial charge is 0.247 e. The van der Waals surface area contributed by atoms with Crippen LogP contribution in [0.3, 0.4) is 0 Å². The number of aromatic nitrogens is 3. The number of thiazole rings is 1. The van der Waals surface area contributed by atoms with Crippen molar-refractivity contribution < 1.29 is 18.3 Å². The van der Waals surface area contributed by atoms with Crippen LogP contribution < -0.4 is 9.47 Å². The minimum atomic E-state index is -0.291. The Hall–Kier alpha value is -3.26. The van der Waals surface area contributed by atoms with E-state index in [1.54, 1.807) is 12.1 Å². The normalized spacial score (nSPS) is 10.7. The van der Waals surface area contributed by atoms with Crippen LogP contribution in [-0.2, 0) is 13.2 Å². The highest BCUT2D eigenvalue weighted by molar-refractivity contribution is 7.09. The first kappa shape index (κ1) is 17.2. The monoisotopic (exact) mass is 383 g/mol. The molecule has 4 rings (SSSR count). The third-order valence-electron chi connectivity index (χ3n) is 3.62. The molecule has 0 N–H and O–H groups in total. The topological polar surface area (TPSA) is 70.3 Å². The third kappa shape index (κ3) is 4.48. The van der Waals surface area contributed by atoms with E-state index in [-0.39, 0.29) is 5.82 Å². The number of ether oxygens (including phenoxy) is 2. The molecule has 0 saturated carbocycles. The molecule has 136 valence electrons. The molecule has 0 atom stereocenters.